The van der Waals surface area contributed by atoms with E-state index in [-0.39, 0.29) is 18.2 Å². The summed E-state index contributed by atoms with van der Waals surface area (Å²) in [5.74, 6) is 0.438. The van der Waals surface area contributed by atoms with E-state index in [0.29, 0.717) is 34.4 Å². The number of anilines is 1. The minimum Gasteiger partial charge on any atom is -0.497 e. The summed E-state index contributed by atoms with van der Waals surface area (Å²) in [7, 11) is 1.59. The minimum absolute atomic E-state index is 0.0965. The normalized spacial score (nSPS) is 16.3. The van der Waals surface area contributed by atoms with E-state index in [1.807, 2.05) is 0 Å². The Morgan fingerprint density at radius 2 is 1.89 bits per heavy atom. The number of methoxy groups -OCH3 is 1. The number of amides is 2. The maximum Gasteiger partial charge on any atom is 0.247 e. The average molecular weight is 407 g/mol. The van der Waals surface area contributed by atoms with Crippen LogP contribution in [0.15, 0.2) is 42.5 Å². The molecule has 1 atom stereocenters. The van der Waals surface area contributed by atoms with Gasteiger partial charge in [-0.15, -0.1) is 0 Å². The van der Waals surface area contributed by atoms with Gasteiger partial charge in [0.05, 0.1) is 23.6 Å². The molecule has 2 aromatic carbocycles. The van der Waals surface area contributed by atoms with E-state index in [1.165, 1.54) is 0 Å². The molecule has 0 saturated carbocycles. The van der Waals surface area contributed by atoms with Gasteiger partial charge in [-0.25, -0.2) is 0 Å². The first-order valence-corrected chi connectivity index (χ1v) is 9.42. The molecule has 1 heterocycles. The van der Waals surface area contributed by atoms with Gasteiger partial charge in [-0.1, -0.05) is 29.3 Å². The van der Waals surface area contributed by atoms with E-state index in [4.69, 9.17) is 27.9 Å². The van der Waals surface area contributed by atoms with Gasteiger partial charge in [-0.2, -0.15) is 0 Å². The first-order valence-electron chi connectivity index (χ1n) is 8.66. The van der Waals surface area contributed by atoms with Crippen molar-refractivity contribution in [2.75, 3.05) is 19.0 Å². The number of hydrogen-bond acceptors (Lipinski definition) is 3. The smallest absolute Gasteiger partial charge is 0.247 e. The van der Waals surface area contributed by atoms with Crippen molar-refractivity contribution in [2.24, 2.45) is 0 Å². The van der Waals surface area contributed by atoms with Crippen LogP contribution in [0.4, 0.5) is 5.69 Å². The van der Waals surface area contributed by atoms with Crippen LogP contribution in [0.5, 0.6) is 5.75 Å². The van der Waals surface area contributed by atoms with E-state index < -0.39 is 6.04 Å². The summed E-state index contributed by atoms with van der Waals surface area (Å²) in [5, 5.41) is 3.74. The van der Waals surface area contributed by atoms with Crippen molar-refractivity contribution in [1.82, 2.24) is 4.90 Å². The maximum absolute atomic E-state index is 12.7. The molecule has 0 bridgehead atoms. The number of carbonyl (C=O) groups is 2. The fourth-order valence-corrected chi connectivity index (χ4v) is 3.48. The van der Waals surface area contributed by atoms with Crippen LogP contribution < -0.4 is 10.1 Å². The van der Waals surface area contributed by atoms with Crippen molar-refractivity contribution >= 4 is 40.7 Å². The van der Waals surface area contributed by atoms with E-state index in [1.54, 1.807) is 54.5 Å². The van der Waals surface area contributed by atoms with Gasteiger partial charge in [0.15, 0.2) is 0 Å². The molecular weight excluding hydrogens is 387 g/mol. The highest BCUT2D eigenvalue weighted by atomic mass is 35.5. The first kappa shape index (κ1) is 19.5. The van der Waals surface area contributed by atoms with Crippen LogP contribution in [0.25, 0.3) is 0 Å². The predicted octanol–water partition coefficient (Wildman–Crippen LogP) is 4.17. The number of halogens is 2. The summed E-state index contributed by atoms with van der Waals surface area (Å²) < 4.78 is 5.11. The van der Waals surface area contributed by atoms with Crippen LogP contribution in [0.1, 0.15) is 18.4 Å². The van der Waals surface area contributed by atoms with E-state index in [9.17, 15) is 9.59 Å². The van der Waals surface area contributed by atoms with E-state index >= 15 is 0 Å². The Kier molecular flexibility index (Phi) is 6.24. The minimum atomic E-state index is -0.470. The summed E-state index contributed by atoms with van der Waals surface area (Å²) in [6.45, 7) is 0.570. The number of ether oxygens (including phenoxy) is 1. The molecule has 2 amide bonds. The predicted molar refractivity (Wildman–Crippen MR) is 107 cm³/mol. The number of nitrogens with one attached hydrogen (secondary N) is 1. The van der Waals surface area contributed by atoms with Crippen molar-refractivity contribution < 1.29 is 14.3 Å². The first-order chi connectivity index (χ1) is 13.0. The highest BCUT2D eigenvalue weighted by Crippen LogP contribution is 2.25. The SMILES string of the molecule is COc1ccc(NC(=O)C2CCCN2C(=O)Cc2ccc(Cl)c(Cl)c2)cc1. The molecule has 0 aliphatic carbocycles. The van der Waals surface area contributed by atoms with Crippen molar-refractivity contribution in [3.8, 4) is 5.75 Å². The summed E-state index contributed by atoms with van der Waals surface area (Å²) in [6, 6.07) is 11.8. The zero-order chi connectivity index (χ0) is 19.4. The molecule has 0 spiro atoms. The number of carbonyl (C=O) groups excluding carboxylic acids is 2. The molecular formula is C20H20Cl2N2O3. The van der Waals surface area contributed by atoms with Crippen molar-refractivity contribution in [2.45, 2.75) is 25.3 Å². The lowest BCUT2D eigenvalue weighted by Crippen LogP contribution is -2.43. The average Bonchev–Trinajstić information content (AvgIpc) is 3.15. The van der Waals surface area contributed by atoms with E-state index in [2.05, 4.69) is 5.32 Å². The molecule has 3 rings (SSSR count). The zero-order valence-corrected chi connectivity index (χ0v) is 16.4. The number of rotatable bonds is 5. The van der Waals surface area contributed by atoms with Crippen molar-refractivity contribution in [1.29, 1.82) is 0 Å². The molecule has 1 fully saturated rings. The number of hydrogen-bond donors (Lipinski definition) is 1. The lowest BCUT2D eigenvalue weighted by Gasteiger charge is -2.24. The van der Waals surface area contributed by atoms with E-state index in [0.717, 1.165) is 12.0 Å². The molecule has 27 heavy (non-hydrogen) atoms. The molecule has 2 aromatic rings. The van der Waals surface area contributed by atoms with Crippen LogP contribution in [-0.4, -0.2) is 36.4 Å². The van der Waals surface area contributed by atoms with Crippen LogP contribution in [0.3, 0.4) is 0 Å². The number of likely N-dealkylation sites (tertiary alicyclic amines) is 1. The van der Waals surface area contributed by atoms with Gasteiger partial charge in [-0.3, -0.25) is 9.59 Å². The molecule has 0 radical (unpaired) electrons. The van der Waals surface area contributed by atoms with Crippen LogP contribution in [-0.2, 0) is 16.0 Å². The summed E-state index contributed by atoms with van der Waals surface area (Å²) in [6.07, 6.45) is 1.63. The lowest BCUT2D eigenvalue weighted by atomic mass is 10.1. The topological polar surface area (TPSA) is 58.6 Å². The Labute approximate surface area is 168 Å². The molecule has 142 valence electrons. The van der Waals surface area contributed by atoms with Gasteiger partial charge in [0.2, 0.25) is 11.8 Å². The van der Waals surface area contributed by atoms with Crippen molar-refractivity contribution in [3.05, 3.63) is 58.1 Å². The largest absolute Gasteiger partial charge is 0.497 e. The van der Waals surface area contributed by atoms with Gasteiger partial charge in [0.25, 0.3) is 0 Å². The molecule has 1 aliphatic heterocycles. The molecule has 5 nitrogen and oxygen atoms in total. The molecule has 0 aromatic heterocycles. The molecule has 1 N–H and O–H groups in total. The van der Waals surface area contributed by atoms with Crippen LogP contribution >= 0.6 is 23.2 Å². The number of benzene rings is 2. The lowest BCUT2D eigenvalue weighted by molar-refractivity contribution is -0.136. The van der Waals surface area contributed by atoms with Gasteiger partial charge >= 0.3 is 0 Å². The molecule has 1 saturated heterocycles. The van der Waals surface area contributed by atoms with Crippen LogP contribution in [0, 0.1) is 0 Å². The highest BCUT2D eigenvalue weighted by Gasteiger charge is 2.34. The fourth-order valence-electron chi connectivity index (χ4n) is 3.16. The van der Waals surface area contributed by atoms with Crippen molar-refractivity contribution in [3.63, 3.8) is 0 Å². The Morgan fingerprint density at radius 1 is 1.15 bits per heavy atom. The van der Waals surface area contributed by atoms with Gasteiger partial charge in [0, 0.05) is 12.2 Å². The molecule has 1 aliphatic rings. The third kappa shape index (κ3) is 4.73. The molecule has 1 unspecified atom stereocenters. The second-order valence-electron chi connectivity index (χ2n) is 6.39. The van der Waals surface area contributed by atoms with Gasteiger partial charge in [0.1, 0.15) is 11.8 Å². The maximum atomic E-state index is 12.7. The Bertz CT molecular complexity index is 840. The summed E-state index contributed by atoms with van der Waals surface area (Å²) in [4.78, 5) is 27.0. The van der Waals surface area contributed by atoms with Gasteiger partial charge in [-0.05, 0) is 54.8 Å². The molecule has 7 heteroatoms. The monoisotopic (exact) mass is 406 g/mol. The summed E-state index contributed by atoms with van der Waals surface area (Å²) >= 11 is 11.9. The Hall–Kier alpha value is -2.24. The van der Waals surface area contributed by atoms with Gasteiger partial charge < -0.3 is 15.0 Å². The third-order valence-electron chi connectivity index (χ3n) is 4.57. The summed E-state index contributed by atoms with van der Waals surface area (Å²) in [5.41, 5.74) is 1.44. The zero-order valence-electron chi connectivity index (χ0n) is 14.9. The highest BCUT2D eigenvalue weighted by molar-refractivity contribution is 6.42. The Balaban J connectivity index is 1.65. The fraction of sp³-hybridized carbons (Fsp3) is 0.300. The van der Waals surface area contributed by atoms with Crippen LogP contribution in [0.2, 0.25) is 10.0 Å². The Morgan fingerprint density at radius 3 is 2.56 bits per heavy atom. The quantitative estimate of drug-likeness (QED) is 0.809. The number of nitrogens with zero attached hydrogens (tertiary/aromatic N) is 1. The second-order valence-corrected chi connectivity index (χ2v) is 7.20. The standard InChI is InChI=1S/C20H20Cl2N2O3/c1-27-15-7-5-14(6-8-15)23-20(26)18-3-2-10-24(18)19(25)12-13-4-9-16(21)17(22)11-13/h4-9,11,18H,2-3,10,12H2,1H3,(H,23,26). The second kappa shape index (κ2) is 8.63. The third-order valence-corrected chi connectivity index (χ3v) is 5.31.